The summed E-state index contributed by atoms with van der Waals surface area (Å²) in [5.74, 6) is 1.12. The normalized spacial score (nSPS) is 38.4. The molecule has 3 aliphatic rings. The molecule has 0 bridgehead atoms. The minimum absolute atomic E-state index is 0.161. The highest BCUT2D eigenvalue weighted by Crippen LogP contribution is 2.59. The van der Waals surface area contributed by atoms with Gasteiger partial charge < -0.3 is 0 Å². The molecule has 0 amide bonds. The summed E-state index contributed by atoms with van der Waals surface area (Å²) < 4.78 is 0. The van der Waals surface area contributed by atoms with Crippen LogP contribution in [0.4, 0.5) is 0 Å². The molecule has 0 radical (unpaired) electrons. The standard InChI is InChI=1S/C18H24O/c1-10-6-14-15(7-11(10)2)18(5)9-13(4)12(3)8-16(18)17(14)19/h6,15-16H,7-9H2,1-5H3. The van der Waals surface area contributed by atoms with Gasteiger partial charge in [-0.3, -0.25) is 4.79 Å². The zero-order valence-corrected chi connectivity index (χ0v) is 12.8. The molecule has 3 aliphatic carbocycles. The number of rotatable bonds is 0. The molecule has 0 N–H and O–H groups in total. The van der Waals surface area contributed by atoms with Crippen molar-refractivity contribution in [1.82, 2.24) is 0 Å². The summed E-state index contributed by atoms with van der Waals surface area (Å²) in [5, 5.41) is 0. The van der Waals surface area contributed by atoms with Gasteiger partial charge in [-0.15, -0.1) is 0 Å². The third-order valence-corrected chi connectivity index (χ3v) is 6.01. The van der Waals surface area contributed by atoms with E-state index in [2.05, 4.69) is 40.7 Å². The number of ketones is 1. The molecule has 1 heteroatoms. The third kappa shape index (κ3) is 1.63. The minimum Gasteiger partial charge on any atom is -0.294 e. The van der Waals surface area contributed by atoms with Crippen LogP contribution >= 0.6 is 0 Å². The quantitative estimate of drug-likeness (QED) is 0.579. The summed E-state index contributed by atoms with van der Waals surface area (Å²) in [6, 6.07) is 0. The first-order valence-electron chi connectivity index (χ1n) is 7.42. The van der Waals surface area contributed by atoms with E-state index in [1.807, 2.05) is 0 Å². The van der Waals surface area contributed by atoms with Crippen molar-refractivity contribution >= 4 is 5.78 Å². The van der Waals surface area contributed by atoms with E-state index in [0.717, 1.165) is 24.8 Å². The number of allylic oxidation sites excluding steroid dienone is 6. The Balaban J connectivity index is 2.09. The van der Waals surface area contributed by atoms with Crippen LogP contribution in [0.25, 0.3) is 0 Å². The van der Waals surface area contributed by atoms with Gasteiger partial charge in [-0.25, -0.2) is 0 Å². The lowest BCUT2D eigenvalue weighted by atomic mass is 9.62. The highest BCUT2D eigenvalue weighted by molar-refractivity contribution is 6.02. The Labute approximate surface area is 116 Å². The number of fused-ring (bicyclic) bond motifs is 3. The van der Waals surface area contributed by atoms with Gasteiger partial charge in [-0.2, -0.15) is 0 Å². The van der Waals surface area contributed by atoms with Gasteiger partial charge in [-0.05, 0) is 63.9 Å². The summed E-state index contributed by atoms with van der Waals surface area (Å²) in [6.07, 6.45) is 5.35. The molecule has 0 aromatic rings. The van der Waals surface area contributed by atoms with E-state index in [0.29, 0.717) is 11.7 Å². The summed E-state index contributed by atoms with van der Waals surface area (Å²) in [7, 11) is 0. The lowest BCUT2D eigenvalue weighted by Gasteiger charge is -2.41. The van der Waals surface area contributed by atoms with E-state index < -0.39 is 0 Å². The molecule has 0 aromatic carbocycles. The highest BCUT2D eigenvalue weighted by atomic mass is 16.1. The Kier molecular flexibility index (Phi) is 2.68. The topological polar surface area (TPSA) is 17.1 Å². The van der Waals surface area contributed by atoms with Crippen molar-refractivity contribution in [3.63, 3.8) is 0 Å². The van der Waals surface area contributed by atoms with E-state index in [1.54, 1.807) is 0 Å². The molecule has 0 spiro atoms. The second-order valence-corrected chi connectivity index (χ2v) is 7.18. The van der Waals surface area contributed by atoms with Crippen molar-refractivity contribution in [2.24, 2.45) is 17.3 Å². The molecule has 0 saturated heterocycles. The van der Waals surface area contributed by atoms with Crippen LogP contribution in [0.15, 0.2) is 33.9 Å². The van der Waals surface area contributed by atoms with Crippen LogP contribution in [0, 0.1) is 17.3 Å². The first-order chi connectivity index (χ1) is 8.84. The molecular weight excluding hydrogens is 232 g/mol. The van der Waals surface area contributed by atoms with Gasteiger partial charge in [0.05, 0.1) is 0 Å². The average molecular weight is 256 g/mol. The Bertz CT molecular complexity index is 558. The van der Waals surface area contributed by atoms with Crippen LogP contribution in [0.2, 0.25) is 0 Å². The monoisotopic (exact) mass is 256 g/mol. The molecule has 1 nitrogen and oxygen atoms in total. The molecule has 0 aromatic heterocycles. The van der Waals surface area contributed by atoms with Crippen LogP contribution in [0.1, 0.15) is 53.9 Å². The Hall–Kier alpha value is -1.11. The number of Topliss-reactive ketones (excluding diaryl/α,β-unsaturated/α-hetero) is 1. The van der Waals surface area contributed by atoms with Crippen LogP contribution < -0.4 is 0 Å². The maximum absolute atomic E-state index is 12.8. The molecular formula is C18H24O. The maximum Gasteiger partial charge on any atom is 0.163 e. The van der Waals surface area contributed by atoms with Crippen LogP contribution in [-0.2, 0) is 4.79 Å². The Morgan fingerprint density at radius 2 is 1.63 bits per heavy atom. The average Bonchev–Trinajstić information content (AvgIpc) is 2.53. The van der Waals surface area contributed by atoms with Gasteiger partial charge in [-0.1, -0.05) is 35.3 Å². The van der Waals surface area contributed by atoms with E-state index in [4.69, 9.17) is 0 Å². The smallest absolute Gasteiger partial charge is 0.163 e. The third-order valence-electron chi connectivity index (χ3n) is 6.01. The molecule has 3 unspecified atom stereocenters. The summed E-state index contributed by atoms with van der Waals surface area (Å²) in [6.45, 7) is 11.2. The SMILES string of the molecule is CC1=C(C)CC2C(=C1)C(=O)C1CC(C)=C(C)CC12C. The van der Waals surface area contributed by atoms with Crippen molar-refractivity contribution in [3.05, 3.63) is 33.9 Å². The Morgan fingerprint density at radius 3 is 2.32 bits per heavy atom. The Morgan fingerprint density at radius 1 is 1.00 bits per heavy atom. The van der Waals surface area contributed by atoms with Gasteiger partial charge in [0, 0.05) is 5.92 Å². The van der Waals surface area contributed by atoms with E-state index in [-0.39, 0.29) is 11.3 Å². The zero-order valence-electron chi connectivity index (χ0n) is 12.8. The first kappa shape index (κ1) is 12.9. The van der Waals surface area contributed by atoms with Crippen molar-refractivity contribution < 1.29 is 4.79 Å². The van der Waals surface area contributed by atoms with Crippen molar-refractivity contribution in [1.29, 1.82) is 0 Å². The van der Waals surface area contributed by atoms with E-state index in [9.17, 15) is 4.79 Å². The molecule has 1 saturated carbocycles. The van der Waals surface area contributed by atoms with Gasteiger partial charge in [0.1, 0.15) is 0 Å². The predicted octanol–water partition coefficient (Wildman–Crippen LogP) is 4.60. The number of carbonyl (C=O) groups excluding carboxylic acids is 1. The molecule has 19 heavy (non-hydrogen) atoms. The number of carbonyl (C=O) groups is 1. The van der Waals surface area contributed by atoms with Crippen molar-refractivity contribution in [3.8, 4) is 0 Å². The largest absolute Gasteiger partial charge is 0.294 e. The van der Waals surface area contributed by atoms with Crippen LogP contribution in [0.3, 0.4) is 0 Å². The molecule has 3 rings (SSSR count). The molecule has 1 fully saturated rings. The minimum atomic E-state index is 0.161. The van der Waals surface area contributed by atoms with E-state index in [1.165, 1.54) is 22.3 Å². The second-order valence-electron chi connectivity index (χ2n) is 7.18. The predicted molar refractivity (Wildman–Crippen MR) is 78.8 cm³/mol. The fourth-order valence-electron chi connectivity index (χ4n) is 4.38. The van der Waals surface area contributed by atoms with Gasteiger partial charge >= 0.3 is 0 Å². The van der Waals surface area contributed by atoms with E-state index >= 15 is 0 Å². The maximum atomic E-state index is 12.8. The summed E-state index contributed by atoms with van der Waals surface area (Å²) in [5.41, 5.74) is 7.01. The number of hydrogen-bond donors (Lipinski definition) is 0. The van der Waals surface area contributed by atoms with Gasteiger partial charge in [0.15, 0.2) is 5.78 Å². The summed E-state index contributed by atoms with van der Waals surface area (Å²) >= 11 is 0. The first-order valence-corrected chi connectivity index (χ1v) is 7.42. The molecule has 3 atom stereocenters. The van der Waals surface area contributed by atoms with Crippen LogP contribution in [-0.4, -0.2) is 5.78 Å². The fourth-order valence-corrected chi connectivity index (χ4v) is 4.38. The molecule has 0 aliphatic heterocycles. The van der Waals surface area contributed by atoms with Crippen LogP contribution in [0.5, 0.6) is 0 Å². The second kappa shape index (κ2) is 3.94. The lowest BCUT2D eigenvalue weighted by Crippen LogP contribution is -2.34. The molecule has 102 valence electrons. The van der Waals surface area contributed by atoms with Gasteiger partial charge in [0.2, 0.25) is 0 Å². The fraction of sp³-hybridized carbons (Fsp3) is 0.611. The molecule has 0 heterocycles. The van der Waals surface area contributed by atoms with Gasteiger partial charge in [0.25, 0.3) is 0 Å². The van der Waals surface area contributed by atoms with Crippen molar-refractivity contribution in [2.45, 2.75) is 53.9 Å². The number of hydrogen-bond acceptors (Lipinski definition) is 1. The zero-order chi connectivity index (χ0) is 13.9. The summed E-state index contributed by atoms with van der Waals surface area (Å²) in [4.78, 5) is 12.8. The van der Waals surface area contributed by atoms with Crippen molar-refractivity contribution in [2.75, 3.05) is 0 Å². The lowest BCUT2D eigenvalue weighted by molar-refractivity contribution is -0.120. The highest BCUT2D eigenvalue weighted by Gasteiger charge is 2.56.